The summed E-state index contributed by atoms with van der Waals surface area (Å²) in [6.07, 6.45) is 2.99. The lowest BCUT2D eigenvalue weighted by Crippen LogP contribution is -2.60. The molecule has 4 rings (SSSR count). The number of amides is 6. The van der Waals surface area contributed by atoms with Gasteiger partial charge in [0.2, 0.25) is 17.7 Å². The van der Waals surface area contributed by atoms with Crippen LogP contribution in [0.25, 0.3) is 0 Å². The van der Waals surface area contributed by atoms with E-state index in [9.17, 15) is 28.8 Å². The van der Waals surface area contributed by atoms with E-state index in [0.717, 1.165) is 4.90 Å². The monoisotopic (exact) mass is 551 g/mol. The number of hydrogen-bond acceptors (Lipinski definition) is 7. The van der Waals surface area contributed by atoms with Crippen LogP contribution in [0, 0.1) is 0 Å². The van der Waals surface area contributed by atoms with Gasteiger partial charge in [-0.25, -0.2) is 14.3 Å². The number of aromatic nitrogens is 1. The molecule has 2 aromatic rings. The van der Waals surface area contributed by atoms with Crippen LogP contribution in [-0.2, 0) is 37.1 Å². The number of benzene rings is 1. The van der Waals surface area contributed by atoms with Gasteiger partial charge in [0.05, 0.1) is 0 Å². The smallest absolute Gasteiger partial charge is 0.417 e. The number of nitrogens with zero attached hydrogens (tertiary/aromatic N) is 3. The maximum atomic E-state index is 13.6. The van der Waals surface area contributed by atoms with E-state index in [1.807, 2.05) is 6.07 Å². The van der Waals surface area contributed by atoms with Gasteiger partial charge in [0.25, 0.3) is 11.8 Å². The number of primary amides is 2. The molecule has 0 radical (unpaired) electrons. The van der Waals surface area contributed by atoms with E-state index in [1.165, 1.54) is 21.7 Å². The second kappa shape index (κ2) is 12.4. The van der Waals surface area contributed by atoms with E-state index in [4.69, 9.17) is 16.2 Å². The number of nitrogens with one attached hydrogen (secondary N) is 1. The van der Waals surface area contributed by atoms with Gasteiger partial charge < -0.3 is 26.4 Å². The lowest BCUT2D eigenvalue weighted by atomic mass is 10.1. The molecule has 0 aliphatic carbocycles. The molecule has 13 nitrogen and oxygen atoms in total. The van der Waals surface area contributed by atoms with Crippen molar-refractivity contribution in [2.75, 3.05) is 6.54 Å². The molecule has 0 spiro atoms. The van der Waals surface area contributed by atoms with Crippen LogP contribution in [0.15, 0.2) is 54.9 Å². The summed E-state index contributed by atoms with van der Waals surface area (Å²) in [4.78, 5) is 78.1. The van der Waals surface area contributed by atoms with E-state index in [2.05, 4.69) is 5.32 Å². The molecule has 5 N–H and O–H groups in total. The highest BCUT2D eigenvalue weighted by molar-refractivity contribution is 6.01. The quantitative estimate of drug-likeness (QED) is 0.346. The van der Waals surface area contributed by atoms with Gasteiger partial charge in [0.15, 0.2) is 25.0 Å². The number of nitrogens with two attached hydrogens (primary N) is 2. The molecule has 2 aliphatic heterocycles. The number of imide groups is 1. The van der Waals surface area contributed by atoms with E-state index < -0.39 is 53.8 Å². The second-order valence-corrected chi connectivity index (χ2v) is 9.67. The summed E-state index contributed by atoms with van der Waals surface area (Å²) < 4.78 is 6.78. The summed E-state index contributed by atoms with van der Waals surface area (Å²) >= 11 is 0. The Kier molecular flexibility index (Phi) is 8.72. The molecule has 1 unspecified atom stereocenters. The van der Waals surface area contributed by atoms with Gasteiger partial charge >= 0.3 is 6.09 Å². The van der Waals surface area contributed by atoms with Crippen LogP contribution in [0.3, 0.4) is 0 Å². The number of carbonyl (C=O) groups excluding carboxylic acids is 6. The van der Waals surface area contributed by atoms with Gasteiger partial charge in [-0.1, -0.05) is 30.3 Å². The SMILES string of the molecule is NC(=O)c1ccc[n+](CC(NC(=O)[C@@H]2CCC(=O)N2C(=O)OCc2ccccc2)C(=O)N2CCC[C@H]2C(N)=O)c1. The lowest BCUT2D eigenvalue weighted by Gasteiger charge is -2.28. The predicted molar refractivity (Wildman–Crippen MR) is 138 cm³/mol. The van der Waals surface area contributed by atoms with Gasteiger partial charge in [-0.05, 0) is 30.9 Å². The van der Waals surface area contributed by atoms with E-state index in [0.29, 0.717) is 18.4 Å². The summed E-state index contributed by atoms with van der Waals surface area (Å²) in [5.41, 5.74) is 11.8. The van der Waals surface area contributed by atoms with Crippen LogP contribution in [-0.4, -0.2) is 70.1 Å². The minimum absolute atomic E-state index is 0.0456. The fourth-order valence-electron chi connectivity index (χ4n) is 4.92. The molecule has 3 heterocycles. The molecule has 1 aromatic carbocycles. The Balaban J connectivity index is 1.53. The van der Waals surface area contributed by atoms with Crippen LogP contribution in [0.5, 0.6) is 0 Å². The summed E-state index contributed by atoms with van der Waals surface area (Å²) in [5.74, 6) is -3.20. The zero-order chi connectivity index (χ0) is 28.8. The van der Waals surface area contributed by atoms with Crippen LogP contribution in [0.2, 0.25) is 0 Å². The van der Waals surface area contributed by atoms with Crippen molar-refractivity contribution in [3.05, 3.63) is 66.0 Å². The Bertz CT molecular complexity index is 1320. The van der Waals surface area contributed by atoms with Crippen LogP contribution < -0.4 is 21.4 Å². The number of likely N-dealkylation sites (tertiary alicyclic amines) is 2. The Labute approximate surface area is 230 Å². The number of pyridine rings is 1. The van der Waals surface area contributed by atoms with Crippen LogP contribution in [0.4, 0.5) is 4.79 Å². The van der Waals surface area contributed by atoms with E-state index in [-0.39, 0.29) is 38.1 Å². The molecule has 210 valence electrons. The first kappa shape index (κ1) is 28.2. The minimum atomic E-state index is -1.21. The average molecular weight is 552 g/mol. The van der Waals surface area contributed by atoms with Gasteiger partial charge in [0.1, 0.15) is 24.3 Å². The van der Waals surface area contributed by atoms with Crippen molar-refractivity contribution in [3.63, 3.8) is 0 Å². The third-order valence-corrected chi connectivity index (χ3v) is 6.93. The van der Waals surface area contributed by atoms with Crippen molar-refractivity contribution < 1.29 is 38.1 Å². The zero-order valence-corrected chi connectivity index (χ0v) is 21.7. The van der Waals surface area contributed by atoms with Crippen molar-refractivity contribution in [3.8, 4) is 0 Å². The maximum absolute atomic E-state index is 13.6. The maximum Gasteiger partial charge on any atom is 0.417 e. The highest BCUT2D eigenvalue weighted by atomic mass is 16.6. The predicted octanol–water partition coefficient (Wildman–Crippen LogP) is -0.638. The Morgan fingerprint density at radius 1 is 1.02 bits per heavy atom. The number of ether oxygens (including phenoxy) is 1. The lowest BCUT2D eigenvalue weighted by molar-refractivity contribution is -0.697. The molecule has 2 fully saturated rings. The topological polar surface area (TPSA) is 186 Å². The largest absolute Gasteiger partial charge is 0.444 e. The molecule has 2 aliphatic rings. The molecule has 13 heteroatoms. The third-order valence-electron chi connectivity index (χ3n) is 6.93. The first-order valence-electron chi connectivity index (χ1n) is 12.9. The average Bonchev–Trinajstić information content (AvgIpc) is 3.59. The first-order chi connectivity index (χ1) is 19.2. The summed E-state index contributed by atoms with van der Waals surface area (Å²) in [5, 5.41) is 2.65. The van der Waals surface area contributed by atoms with Gasteiger partial charge in [0, 0.05) is 19.0 Å². The van der Waals surface area contributed by atoms with Crippen molar-refractivity contribution >= 4 is 35.6 Å². The van der Waals surface area contributed by atoms with Crippen molar-refractivity contribution in [2.24, 2.45) is 11.5 Å². The zero-order valence-electron chi connectivity index (χ0n) is 21.7. The minimum Gasteiger partial charge on any atom is -0.444 e. The fraction of sp³-hybridized carbons (Fsp3) is 0.370. The highest BCUT2D eigenvalue weighted by Gasteiger charge is 2.44. The highest BCUT2D eigenvalue weighted by Crippen LogP contribution is 2.22. The fourth-order valence-corrected chi connectivity index (χ4v) is 4.92. The van der Waals surface area contributed by atoms with Crippen LogP contribution >= 0.6 is 0 Å². The Hall–Kier alpha value is -4.81. The molecule has 2 saturated heterocycles. The van der Waals surface area contributed by atoms with Gasteiger partial charge in [-0.3, -0.25) is 24.0 Å². The molecule has 3 atom stereocenters. The van der Waals surface area contributed by atoms with Crippen LogP contribution in [0.1, 0.15) is 41.6 Å². The molecule has 40 heavy (non-hydrogen) atoms. The number of hydrogen-bond donors (Lipinski definition) is 3. The third kappa shape index (κ3) is 6.42. The second-order valence-electron chi connectivity index (χ2n) is 9.67. The summed E-state index contributed by atoms with van der Waals surface area (Å²) in [7, 11) is 0. The van der Waals surface area contributed by atoms with Crippen molar-refractivity contribution in [1.82, 2.24) is 15.1 Å². The standard InChI is InChI=1S/C27H30N6O7/c28-23(35)18-8-4-12-31(14-18)15-19(26(38)32-13-5-9-20(32)24(29)36)30-25(37)21-10-11-22(34)33(21)27(39)40-16-17-6-2-1-3-7-17/h1-4,6-8,12,14,19-21H,5,9-11,13,15-16H2,(H4-,28,29,30,35,36,37)/p+1/t19?,20-,21-/m0/s1. The summed E-state index contributed by atoms with van der Waals surface area (Å²) in [6, 6.07) is 8.69. The summed E-state index contributed by atoms with van der Waals surface area (Å²) in [6.45, 7) is 0.0622. The van der Waals surface area contributed by atoms with Gasteiger partial charge in [-0.2, -0.15) is 0 Å². The Morgan fingerprint density at radius 3 is 2.48 bits per heavy atom. The number of carbonyl (C=O) groups is 6. The first-order valence-corrected chi connectivity index (χ1v) is 12.9. The molecule has 1 aromatic heterocycles. The normalized spacial score (nSPS) is 19.2. The van der Waals surface area contributed by atoms with E-state index >= 15 is 0 Å². The molecular formula is C27H31N6O7+. The Morgan fingerprint density at radius 2 is 1.77 bits per heavy atom. The van der Waals surface area contributed by atoms with Crippen molar-refractivity contribution in [2.45, 2.75) is 57.0 Å². The van der Waals surface area contributed by atoms with Gasteiger partial charge in [-0.15, -0.1) is 0 Å². The number of rotatable bonds is 9. The van der Waals surface area contributed by atoms with Crippen molar-refractivity contribution in [1.29, 1.82) is 0 Å². The molecule has 6 amide bonds. The molecular weight excluding hydrogens is 520 g/mol. The van der Waals surface area contributed by atoms with E-state index in [1.54, 1.807) is 36.5 Å². The molecule has 0 saturated carbocycles. The molecule has 0 bridgehead atoms.